The molecule has 0 saturated heterocycles. The van der Waals surface area contributed by atoms with Gasteiger partial charge < -0.3 is 5.11 Å². The molecule has 0 aromatic carbocycles. The van der Waals surface area contributed by atoms with Crippen molar-refractivity contribution in [3.05, 3.63) is 10.1 Å². The van der Waals surface area contributed by atoms with Gasteiger partial charge in [-0.05, 0) is 18.8 Å². The average Bonchev–Trinajstić information content (AvgIpc) is 1.96. The second-order valence-corrected chi connectivity index (χ2v) is 6.08. The Balaban J connectivity index is 3.17. The van der Waals surface area contributed by atoms with Crippen LogP contribution in [0.5, 0.6) is 0 Å². The largest absolute Gasteiger partial charge is 0.374 e. The van der Waals surface area contributed by atoms with Crippen molar-refractivity contribution in [2.45, 2.75) is 39.2 Å². The zero-order chi connectivity index (χ0) is 10.4. The molecule has 0 radical (unpaired) electrons. The molecule has 0 fully saturated rings. The summed E-state index contributed by atoms with van der Waals surface area (Å²) in [7, 11) is 0. The summed E-state index contributed by atoms with van der Waals surface area (Å²) < 4.78 is 1.04. The maximum atomic E-state index is 9.97. The summed E-state index contributed by atoms with van der Waals surface area (Å²) in [6, 6.07) is 0. The number of hydrogen-bond acceptors (Lipinski definition) is 1. The van der Waals surface area contributed by atoms with Crippen LogP contribution in [0.2, 0.25) is 0 Å². The summed E-state index contributed by atoms with van der Waals surface area (Å²) in [6.45, 7) is 8.23. The fraction of sp³-hybridized carbons (Fsp3) is 0.800. The van der Waals surface area contributed by atoms with Crippen LogP contribution in [0.15, 0.2) is 10.1 Å². The Labute approximate surface area is 93.3 Å². The van der Waals surface area contributed by atoms with E-state index in [1.165, 1.54) is 5.57 Å². The van der Waals surface area contributed by atoms with Gasteiger partial charge in [-0.3, -0.25) is 0 Å². The van der Waals surface area contributed by atoms with Gasteiger partial charge in [0.25, 0.3) is 0 Å². The third-order valence-corrected chi connectivity index (χ3v) is 4.85. The van der Waals surface area contributed by atoms with Crippen molar-refractivity contribution in [1.29, 1.82) is 0 Å². The first kappa shape index (κ1) is 11.5. The molecular weight excluding hydrogens is 251 g/mol. The van der Waals surface area contributed by atoms with E-state index in [0.29, 0.717) is 6.42 Å². The zero-order valence-electron chi connectivity index (χ0n) is 8.49. The van der Waals surface area contributed by atoms with Crippen molar-refractivity contribution in [2.24, 2.45) is 11.3 Å². The summed E-state index contributed by atoms with van der Waals surface area (Å²) in [5.41, 5.74) is 1.26. The molecule has 2 atom stereocenters. The minimum Gasteiger partial charge on any atom is -0.374 e. The summed E-state index contributed by atoms with van der Waals surface area (Å²) in [4.78, 5) is 0. The molecule has 1 aliphatic carbocycles. The van der Waals surface area contributed by atoms with E-state index in [9.17, 15) is 5.11 Å². The second-order valence-electron chi connectivity index (χ2n) is 4.57. The van der Waals surface area contributed by atoms with Gasteiger partial charge in [-0.25, -0.2) is 0 Å². The fourth-order valence-electron chi connectivity index (χ4n) is 1.75. The highest BCUT2D eigenvalue weighted by Gasteiger charge is 2.44. The van der Waals surface area contributed by atoms with Gasteiger partial charge in [-0.1, -0.05) is 53.9 Å². The first-order valence-electron chi connectivity index (χ1n) is 4.46. The Bertz CT molecular complexity index is 256. The number of hydrogen-bond donors (Lipinski definition) is 1. The molecule has 3 heteroatoms. The van der Waals surface area contributed by atoms with Crippen molar-refractivity contribution < 1.29 is 5.11 Å². The van der Waals surface area contributed by atoms with Crippen LogP contribution >= 0.6 is 27.5 Å². The van der Waals surface area contributed by atoms with E-state index >= 15 is 0 Å². The lowest BCUT2D eigenvalue weighted by molar-refractivity contribution is 0.0404. The molecule has 0 aromatic heterocycles. The maximum absolute atomic E-state index is 9.97. The van der Waals surface area contributed by atoms with Crippen LogP contribution < -0.4 is 0 Å². The van der Waals surface area contributed by atoms with Crippen molar-refractivity contribution in [1.82, 2.24) is 0 Å². The molecule has 0 saturated carbocycles. The van der Waals surface area contributed by atoms with Gasteiger partial charge in [-0.2, -0.15) is 0 Å². The highest BCUT2D eigenvalue weighted by molar-refractivity contribution is 9.11. The molecule has 0 aromatic rings. The van der Waals surface area contributed by atoms with Gasteiger partial charge in [-0.15, -0.1) is 0 Å². The molecule has 0 amide bonds. The highest BCUT2D eigenvalue weighted by atomic mass is 79.9. The summed E-state index contributed by atoms with van der Waals surface area (Å²) in [6.07, 6.45) is 0.601. The van der Waals surface area contributed by atoms with Crippen molar-refractivity contribution in [3.63, 3.8) is 0 Å². The molecule has 2 unspecified atom stereocenters. The third-order valence-electron chi connectivity index (χ3n) is 3.11. The van der Waals surface area contributed by atoms with Crippen molar-refractivity contribution in [2.75, 3.05) is 0 Å². The quantitative estimate of drug-likeness (QED) is 0.664. The van der Waals surface area contributed by atoms with Crippen LogP contribution in [-0.2, 0) is 0 Å². The predicted octanol–water partition coefficient (Wildman–Crippen LogP) is 3.65. The SMILES string of the molecule is CC1=C(Br)C(C)C(O)(Cl)CC1(C)C. The number of halogens is 2. The minimum absolute atomic E-state index is 0.0257. The van der Waals surface area contributed by atoms with Crippen LogP contribution in [0.25, 0.3) is 0 Å². The zero-order valence-corrected chi connectivity index (χ0v) is 10.8. The minimum atomic E-state index is -1.11. The molecule has 1 rings (SSSR count). The first-order chi connectivity index (χ1) is 5.68. The van der Waals surface area contributed by atoms with Gasteiger partial charge >= 0.3 is 0 Å². The third kappa shape index (κ3) is 1.95. The Morgan fingerprint density at radius 1 is 1.54 bits per heavy atom. The van der Waals surface area contributed by atoms with E-state index in [1.54, 1.807) is 0 Å². The molecule has 0 aliphatic heterocycles. The molecule has 0 spiro atoms. The van der Waals surface area contributed by atoms with E-state index in [1.807, 2.05) is 6.92 Å². The number of rotatable bonds is 0. The number of allylic oxidation sites excluding steroid dienone is 1. The lowest BCUT2D eigenvalue weighted by atomic mass is 9.72. The topological polar surface area (TPSA) is 20.2 Å². The fourth-order valence-corrected chi connectivity index (χ4v) is 3.24. The Morgan fingerprint density at radius 3 is 2.46 bits per heavy atom. The number of alkyl halides is 1. The van der Waals surface area contributed by atoms with Gasteiger partial charge in [0.15, 0.2) is 0 Å². The molecule has 13 heavy (non-hydrogen) atoms. The van der Waals surface area contributed by atoms with E-state index in [-0.39, 0.29) is 11.3 Å². The average molecular weight is 268 g/mol. The molecule has 0 bridgehead atoms. The van der Waals surface area contributed by atoms with Gasteiger partial charge in [0.2, 0.25) is 0 Å². The van der Waals surface area contributed by atoms with Gasteiger partial charge in [0.05, 0.1) is 0 Å². The van der Waals surface area contributed by atoms with E-state index in [0.717, 1.165) is 4.48 Å². The summed E-state index contributed by atoms with van der Waals surface area (Å²) >= 11 is 9.56. The Kier molecular flexibility index (Phi) is 2.89. The van der Waals surface area contributed by atoms with Gasteiger partial charge in [0, 0.05) is 10.4 Å². The first-order valence-corrected chi connectivity index (χ1v) is 5.63. The lowest BCUT2D eigenvalue weighted by Gasteiger charge is -2.43. The normalized spacial score (nSPS) is 39.5. The Morgan fingerprint density at radius 2 is 2.00 bits per heavy atom. The van der Waals surface area contributed by atoms with E-state index in [4.69, 9.17) is 11.6 Å². The highest BCUT2D eigenvalue weighted by Crippen LogP contribution is 2.50. The molecule has 1 N–H and O–H groups in total. The Hall–Kier alpha value is 0.470. The second kappa shape index (κ2) is 3.25. The molecule has 1 aliphatic rings. The van der Waals surface area contributed by atoms with Crippen LogP contribution in [0.1, 0.15) is 34.1 Å². The molecule has 1 nitrogen and oxygen atoms in total. The van der Waals surface area contributed by atoms with Crippen LogP contribution in [-0.4, -0.2) is 10.2 Å². The summed E-state index contributed by atoms with van der Waals surface area (Å²) in [5.74, 6) is -0.0257. The van der Waals surface area contributed by atoms with Crippen molar-refractivity contribution >= 4 is 27.5 Å². The summed E-state index contributed by atoms with van der Waals surface area (Å²) in [5, 5.41) is 8.86. The molecule has 76 valence electrons. The van der Waals surface area contributed by atoms with Crippen molar-refractivity contribution in [3.8, 4) is 0 Å². The number of aliphatic hydroxyl groups is 1. The lowest BCUT2D eigenvalue weighted by Crippen LogP contribution is -2.40. The van der Waals surface area contributed by atoms with Crippen LogP contribution in [0.4, 0.5) is 0 Å². The monoisotopic (exact) mass is 266 g/mol. The predicted molar refractivity (Wildman–Crippen MR) is 60.0 cm³/mol. The van der Waals surface area contributed by atoms with E-state index < -0.39 is 5.06 Å². The smallest absolute Gasteiger partial charge is 0.146 e. The van der Waals surface area contributed by atoms with Crippen LogP contribution in [0.3, 0.4) is 0 Å². The van der Waals surface area contributed by atoms with Crippen LogP contribution in [0, 0.1) is 11.3 Å². The molecule has 0 heterocycles. The maximum Gasteiger partial charge on any atom is 0.146 e. The van der Waals surface area contributed by atoms with E-state index in [2.05, 4.69) is 36.7 Å². The van der Waals surface area contributed by atoms with Gasteiger partial charge in [0.1, 0.15) is 5.06 Å². The molecular formula is C10H16BrClO. The standard InChI is InChI=1S/C10H16BrClO/c1-6-8(11)7(2)10(12,13)5-9(6,3)4/h7,13H,5H2,1-4H3.